The first-order chi connectivity index (χ1) is 9.11. The Balaban J connectivity index is 2.41. The van der Waals surface area contributed by atoms with Gasteiger partial charge in [-0.25, -0.2) is 4.98 Å². The lowest BCUT2D eigenvalue weighted by molar-refractivity contribution is -0.385. The molecule has 19 heavy (non-hydrogen) atoms. The van der Waals surface area contributed by atoms with E-state index in [0.29, 0.717) is 11.2 Å². The molecule has 0 saturated heterocycles. The molecule has 2 aromatic rings. The second-order valence-electron chi connectivity index (χ2n) is 3.57. The van der Waals surface area contributed by atoms with Gasteiger partial charge in [-0.1, -0.05) is 33.6 Å². The van der Waals surface area contributed by atoms with Crippen LogP contribution in [-0.4, -0.2) is 9.91 Å². The molecule has 0 saturated carbocycles. The summed E-state index contributed by atoms with van der Waals surface area (Å²) in [6.07, 6.45) is 1.56. The van der Waals surface area contributed by atoms with E-state index in [0.717, 1.165) is 5.56 Å². The summed E-state index contributed by atoms with van der Waals surface area (Å²) in [4.78, 5) is 14.5. The zero-order valence-electron chi connectivity index (χ0n) is 9.55. The molecule has 98 valence electrons. The van der Waals surface area contributed by atoms with Crippen LogP contribution in [0.4, 0.5) is 5.69 Å². The summed E-state index contributed by atoms with van der Waals surface area (Å²) in [7, 11) is 0. The number of alkyl halides is 1. The van der Waals surface area contributed by atoms with E-state index in [-0.39, 0.29) is 16.5 Å². The molecule has 1 heterocycles. The molecule has 0 aliphatic carbocycles. The van der Waals surface area contributed by atoms with E-state index in [4.69, 9.17) is 16.3 Å². The van der Waals surface area contributed by atoms with Crippen LogP contribution < -0.4 is 4.74 Å². The van der Waals surface area contributed by atoms with Crippen molar-refractivity contribution in [1.82, 2.24) is 4.98 Å². The zero-order valence-corrected chi connectivity index (χ0v) is 11.9. The number of hydrogen-bond acceptors (Lipinski definition) is 4. The van der Waals surface area contributed by atoms with Crippen molar-refractivity contribution < 1.29 is 9.66 Å². The van der Waals surface area contributed by atoms with Crippen LogP contribution in [0.25, 0.3) is 0 Å². The Hall–Kier alpha value is -1.66. The fourth-order valence-electron chi connectivity index (χ4n) is 1.44. The average Bonchev–Trinajstić information content (AvgIpc) is 2.41. The maximum atomic E-state index is 11.0. The summed E-state index contributed by atoms with van der Waals surface area (Å²) in [5, 5.41) is 11.8. The highest BCUT2D eigenvalue weighted by atomic mass is 79.9. The number of aromatic nitrogens is 1. The SMILES string of the molecule is O=[N+]([O-])c1cc(Cl)ccc1Oc1ncccc1CBr. The van der Waals surface area contributed by atoms with E-state index in [1.165, 1.54) is 18.2 Å². The first-order valence-electron chi connectivity index (χ1n) is 5.23. The number of benzene rings is 1. The Morgan fingerprint density at radius 2 is 2.21 bits per heavy atom. The number of nitro groups is 1. The molecule has 0 N–H and O–H groups in total. The molecule has 0 aliphatic heterocycles. The van der Waals surface area contributed by atoms with Crippen LogP contribution in [0.2, 0.25) is 5.02 Å². The van der Waals surface area contributed by atoms with Crippen molar-refractivity contribution in [2.24, 2.45) is 0 Å². The lowest BCUT2D eigenvalue weighted by atomic mass is 10.3. The summed E-state index contributed by atoms with van der Waals surface area (Å²) >= 11 is 9.05. The van der Waals surface area contributed by atoms with Crippen molar-refractivity contribution in [3.05, 3.63) is 57.2 Å². The highest BCUT2D eigenvalue weighted by Crippen LogP contribution is 2.34. The van der Waals surface area contributed by atoms with Crippen molar-refractivity contribution in [3.63, 3.8) is 0 Å². The van der Waals surface area contributed by atoms with Crippen LogP contribution >= 0.6 is 27.5 Å². The molecule has 0 atom stereocenters. The Labute approximate surface area is 122 Å². The topological polar surface area (TPSA) is 65.3 Å². The number of nitro benzene ring substituents is 1. The van der Waals surface area contributed by atoms with Gasteiger partial charge in [0.2, 0.25) is 11.6 Å². The van der Waals surface area contributed by atoms with Crippen LogP contribution in [-0.2, 0) is 5.33 Å². The molecule has 5 nitrogen and oxygen atoms in total. The molecular weight excluding hydrogens is 336 g/mol. The molecule has 0 amide bonds. The molecule has 0 bridgehead atoms. The zero-order chi connectivity index (χ0) is 13.8. The standard InChI is InChI=1S/C12H8BrClN2O3/c13-7-8-2-1-5-15-12(8)19-11-4-3-9(14)6-10(11)16(17)18/h1-6H,7H2. The second kappa shape index (κ2) is 5.99. The lowest BCUT2D eigenvalue weighted by Crippen LogP contribution is -1.96. The number of nitrogens with zero attached hydrogens (tertiary/aromatic N) is 2. The van der Waals surface area contributed by atoms with E-state index in [1.54, 1.807) is 12.3 Å². The number of ether oxygens (including phenoxy) is 1. The second-order valence-corrected chi connectivity index (χ2v) is 4.57. The maximum absolute atomic E-state index is 11.0. The predicted molar refractivity (Wildman–Crippen MR) is 75.0 cm³/mol. The van der Waals surface area contributed by atoms with Gasteiger partial charge >= 0.3 is 5.69 Å². The Morgan fingerprint density at radius 3 is 2.89 bits per heavy atom. The number of hydrogen-bond donors (Lipinski definition) is 0. The van der Waals surface area contributed by atoms with E-state index >= 15 is 0 Å². The fraction of sp³-hybridized carbons (Fsp3) is 0.0833. The van der Waals surface area contributed by atoms with Crippen LogP contribution in [0.3, 0.4) is 0 Å². The third-order valence-corrected chi connectivity index (χ3v) is 3.16. The molecular formula is C12H8BrClN2O3. The quantitative estimate of drug-likeness (QED) is 0.471. The summed E-state index contributed by atoms with van der Waals surface area (Å²) in [6.45, 7) is 0. The van der Waals surface area contributed by atoms with Gasteiger partial charge in [0.25, 0.3) is 0 Å². The smallest absolute Gasteiger partial charge is 0.313 e. The molecule has 0 unspecified atom stereocenters. The Bertz CT molecular complexity index is 622. The third kappa shape index (κ3) is 3.21. The minimum atomic E-state index is -0.544. The van der Waals surface area contributed by atoms with Gasteiger partial charge in [0.15, 0.2) is 0 Å². The number of pyridine rings is 1. The molecule has 7 heteroatoms. The van der Waals surface area contributed by atoms with Crippen molar-refractivity contribution >= 4 is 33.2 Å². The Kier molecular flexibility index (Phi) is 4.34. The number of halogens is 2. The highest BCUT2D eigenvalue weighted by Gasteiger charge is 2.17. The minimum absolute atomic E-state index is 0.107. The van der Waals surface area contributed by atoms with Crippen LogP contribution in [0.5, 0.6) is 11.6 Å². The van der Waals surface area contributed by atoms with Crippen LogP contribution in [0.15, 0.2) is 36.5 Å². The van der Waals surface area contributed by atoms with E-state index in [1.807, 2.05) is 6.07 Å². The Morgan fingerprint density at radius 1 is 1.42 bits per heavy atom. The fourth-order valence-corrected chi connectivity index (χ4v) is 2.03. The summed E-state index contributed by atoms with van der Waals surface area (Å²) in [6, 6.07) is 7.81. The molecule has 1 aromatic carbocycles. The summed E-state index contributed by atoms with van der Waals surface area (Å²) in [5.74, 6) is 0.431. The predicted octanol–water partition coefficient (Wildman–Crippen LogP) is 4.33. The van der Waals surface area contributed by atoms with Crippen molar-refractivity contribution in [2.75, 3.05) is 0 Å². The van der Waals surface area contributed by atoms with Crippen molar-refractivity contribution in [2.45, 2.75) is 5.33 Å². The molecule has 1 aromatic heterocycles. The summed E-state index contributed by atoms with van der Waals surface area (Å²) in [5.41, 5.74) is 0.602. The first-order valence-corrected chi connectivity index (χ1v) is 6.73. The first kappa shape index (κ1) is 13.8. The van der Waals surface area contributed by atoms with Gasteiger partial charge in [0, 0.05) is 28.2 Å². The van der Waals surface area contributed by atoms with Gasteiger partial charge in [-0.2, -0.15) is 0 Å². The van der Waals surface area contributed by atoms with Gasteiger partial charge < -0.3 is 4.74 Å². The van der Waals surface area contributed by atoms with Gasteiger partial charge in [-0.15, -0.1) is 0 Å². The van der Waals surface area contributed by atoms with Gasteiger partial charge in [0.1, 0.15) is 0 Å². The van der Waals surface area contributed by atoms with E-state index < -0.39 is 4.92 Å². The molecule has 2 rings (SSSR count). The highest BCUT2D eigenvalue weighted by molar-refractivity contribution is 9.08. The minimum Gasteiger partial charge on any atom is -0.431 e. The largest absolute Gasteiger partial charge is 0.431 e. The van der Waals surface area contributed by atoms with Crippen molar-refractivity contribution in [1.29, 1.82) is 0 Å². The van der Waals surface area contributed by atoms with Gasteiger partial charge in [-0.05, 0) is 18.2 Å². The van der Waals surface area contributed by atoms with Crippen molar-refractivity contribution in [3.8, 4) is 11.6 Å². The van der Waals surface area contributed by atoms with Crippen LogP contribution in [0.1, 0.15) is 5.56 Å². The van der Waals surface area contributed by atoms with E-state index in [9.17, 15) is 10.1 Å². The maximum Gasteiger partial charge on any atom is 0.313 e. The molecule has 0 aliphatic rings. The molecule has 0 spiro atoms. The average molecular weight is 344 g/mol. The van der Waals surface area contributed by atoms with Gasteiger partial charge in [-0.3, -0.25) is 10.1 Å². The molecule has 0 fully saturated rings. The third-order valence-electron chi connectivity index (χ3n) is 2.32. The lowest BCUT2D eigenvalue weighted by Gasteiger charge is -2.08. The van der Waals surface area contributed by atoms with Crippen LogP contribution in [0, 0.1) is 10.1 Å². The van der Waals surface area contributed by atoms with E-state index in [2.05, 4.69) is 20.9 Å². The summed E-state index contributed by atoms with van der Waals surface area (Å²) < 4.78 is 5.51. The normalized spacial score (nSPS) is 10.2. The number of rotatable bonds is 4. The van der Waals surface area contributed by atoms with Gasteiger partial charge in [0.05, 0.1) is 4.92 Å². The monoisotopic (exact) mass is 342 g/mol. The molecule has 0 radical (unpaired) electrons.